The summed E-state index contributed by atoms with van der Waals surface area (Å²) in [6, 6.07) is 8.84. The van der Waals surface area contributed by atoms with Crippen molar-refractivity contribution in [3.8, 4) is 0 Å². The fourth-order valence-electron chi connectivity index (χ4n) is 3.95. The molecule has 2 aromatic carbocycles. The van der Waals surface area contributed by atoms with Gasteiger partial charge in [-0.2, -0.15) is 0 Å². The van der Waals surface area contributed by atoms with Crippen molar-refractivity contribution < 1.29 is 9.18 Å². The molecular weight excluding hydrogens is 435 g/mol. The second-order valence-electron chi connectivity index (χ2n) is 8.00. The van der Waals surface area contributed by atoms with E-state index in [9.17, 15) is 9.18 Å². The number of likely N-dealkylation sites (N-methyl/N-ethyl adjacent to an activating group) is 1. The van der Waals surface area contributed by atoms with Crippen molar-refractivity contribution in [3.05, 3.63) is 57.6 Å². The Bertz CT molecular complexity index is 1160. The first-order valence-corrected chi connectivity index (χ1v) is 10.2. The smallest absolute Gasteiger partial charge is 0.236 e. The molecule has 1 unspecified atom stereocenters. The Morgan fingerprint density at radius 1 is 1.24 bits per heavy atom. The first kappa shape index (κ1) is 19.8. The van der Waals surface area contributed by atoms with E-state index >= 15 is 0 Å². The first-order chi connectivity index (χ1) is 13.6. The minimum Gasteiger partial charge on any atom is -0.363 e. The molecule has 0 fully saturated rings. The fraction of sp³-hybridized carbons (Fsp3) is 0.318. The van der Waals surface area contributed by atoms with Gasteiger partial charge in [-0.25, -0.2) is 14.4 Å². The lowest BCUT2D eigenvalue weighted by molar-refractivity contribution is -0.121. The lowest BCUT2D eigenvalue weighted by Crippen LogP contribution is -2.33. The zero-order chi connectivity index (χ0) is 21.1. The van der Waals surface area contributed by atoms with E-state index in [0.29, 0.717) is 21.7 Å². The van der Waals surface area contributed by atoms with Crippen LogP contribution in [0.4, 0.5) is 15.9 Å². The van der Waals surface area contributed by atoms with Gasteiger partial charge in [-0.1, -0.05) is 12.1 Å². The van der Waals surface area contributed by atoms with Gasteiger partial charge in [0.1, 0.15) is 17.5 Å². The van der Waals surface area contributed by atoms with Gasteiger partial charge in [0.2, 0.25) is 5.91 Å². The average Bonchev–Trinajstić information content (AvgIpc) is 2.83. The van der Waals surface area contributed by atoms with Crippen LogP contribution in [0.1, 0.15) is 43.8 Å². The van der Waals surface area contributed by atoms with Crippen LogP contribution in [0.25, 0.3) is 10.9 Å². The Hall–Kier alpha value is -2.54. The van der Waals surface area contributed by atoms with Crippen LogP contribution in [0.2, 0.25) is 0 Å². The molecule has 1 aliphatic heterocycles. The normalized spacial score (nSPS) is 16.2. The monoisotopic (exact) mass is 456 g/mol. The van der Waals surface area contributed by atoms with Gasteiger partial charge in [-0.3, -0.25) is 4.79 Å². The number of hydrogen-bond acceptors (Lipinski definition) is 4. The maximum Gasteiger partial charge on any atom is 0.236 e. The number of carbonyl (C=O) groups excluding carboxylic acids is 1. The summed E-state index contributed by atoms with van der Waals surface area (Å²) < 4.78 is 15.0. The molecule has 0 radical (unpaired) electrons. The third kappa shape index (κ3) is 3.08. The molecule has 1 aliphatic rings. The van der Waals surface area contributed by atoms with Crippen LogP contribution in [0.5, 0.6) is 0 Å². The number of rotatable bonds is 3. The molecule has 7 heteroatoms. The van der Waals surface area contributed by atoms with Gasteiger partial charge in [0, 0.05) is 23.7 Å². The summed E-state index contributed by atoms with van der Waals surface area (Å²) in [7, 11) is 1.78. The molecule has 4 rings (SSSR count). The number of benzene rings is 2. The van der Waals surface area contributed by atoms with Crippen molar-refractivity contribution in [2.24, 2.45) is 0 Å². The summed E-state index contributed by atoms with van der Waals surface area (Å²) in [5, 5.41) is 4.13. The SMILES string of the molecule is Cc1nc(NC(C)c2cccc(Br)c2F)c2cc3c(cc2n1)C(C)(C)C(=O)N3C. The van der Waals surface area contributed by atoms with Crippen molar-refractivity contribution in [1.82, 2.24) is 9.97 Å². The van der Waals surface area contributed by atoms with Crippen LogP contribution < -0.4 is 10.2 Å². The number of fused-ring (bicyclic) bond motifs is 2. The molecule has 1 N–H and O–H groups in total. The Kier molecular flexibility index (Phi) is 4.61. The number of amides is 1. The van der Waals surface area contributed by atoms with E-state index in [1.54, 1.807) is 30.1 Å². The summed E-state index contributed by atoms with van der Waals surface area (Å²) in [5.74, 6) is 0.979. The molecule has 1 atom stereocenters. The van der Waals surface area contributed by atoms with Crippen LogP contribution in [-0.4, -0.2) is 22.9 Å². The van der Waals surface area contributed by atoms with E-state index in [1.807, 2.05) is 39.8 Å². The van der Waals surface area contributed by atoms with Gasteiger partial charge < -0.3 is 10.2 Å². The number of aryl methyl sites for hydroxylation is 1. The first-order valence-electron chi connectivity index (χ1n) is 9.42. The largest absolute Gasteiger partial charge is 0.363 e. The molecule has 2 heterocycles. The topological polar surface area (TPSA) is 58.1 Å². The molecule has 1 amide bonds. The fourth-order valence-corrected chi connectivity index (χ4v) is 4.33. The predicted octanol–water partition coefficient (Wildman–Crippen LogP) is 5.27. The average molecular weight is 457 g/mol. The molecule has 0 saturated heterocycles. The van der Waals surface area contributed by atoms with Crippen molar-refractivity contribution in [1.29, 1.82) is 0 Å². The zero-order valence-corrected chi connectivity index (χ0v) is 18.6. The molecule has 0 spiro atoms. The number of nitrogens with one attached hydrogen (secondary N) is 1. The van der Waals surface area contributed by atoms with Crippen LogP contribution in [0, 0.1) is 12.7 Å². The number of aromatic nitrogens is 2. The minimum absolute atomic E-state index is 0.0478. The van der Waals surface area contributed by atoms with E-state index < -0.39 is 5.41 Å². The van der Waals surface area contributed by atoms with Crippen LogP contribution in [-0.2, 0) is 10.2 Å². The summed E-state index contributed by atoms with van der Waals surface area (Å²) in [5.41, 5.74) is 2.50. The number of anilines is 2. The third-order valence-corrected chi connectivity index (χ3v) is 6.21. The van der Waals surface area contributed by atoms with Gasteiger partial charge >= 0.3 is 0 Å². The van der Waals surface area contributed by atoms with E-state index in [1.165, 1.54) is 0 Å². The molecule has 1 aromatic heterocycles. The minimum atomic E-state index is -0.600. The van der Waals surface area contributed by atoms with Gasteiger partial charge in [0.05, 0.1) is 21.4 Å². The third-order valence-electron chi connectivity index (χ3n) is 5.60. The maximum absolute atomic E-state index is 14.5. The van der Waals surface area contributed by atoms with Gasteiger partial charge in [-0.15, -0.1) is 0 Å². The van der Waals surface area contributed by atoms with Gasteiger partial charge in [0.25, 0.3) is 0 Å². The highest BCUT2D eigenvalue weighted by molar-refractivity contribution is 9.10. The summed E-state index contributed by atoms with van der Waals surface area (Å²) in [4.78, 5) is 23.5. The summed E-state index contributed by atoms with van der Waals surface area (Å²) >= 11 is 3.24. The van der Waals surface area contributed by atoms with E-state index in [2.05, 4.69) is 31.2 Å². The molecule has 0 aliphatic carbocycles. The van der Waals surface area contributed by atoms with Gasteiger partial charge in [0.15, 0.2) is 0 Å². The van der Waals surface area contributed by atoms with E-state index in [-0.39, 0.29) is 17.8 Å². The molecule has 5 nitrogen and oxygen atoms in total. The van der Waals surface area contributed by atoms with E-state index in [4.69, 9.17) is 0 Å². The van der Waals surface area contributed by atoms with Crippen LogP contribution in [0.3, 0.4) is 0 Å². The highest BCUT2D eigenvalue weighted by atomic mass is 79.9. The number of hydrogen-bond donors (Lipinski definition) is 1. The van der Waals surface area contributed by atoms with Crippen molar-refractivity contribution >= 4 is 44.2 Å². The number of carbonyl (C=O) groups is 1. The molecule has 3 aromatic rings. The van der Waals surface area contributed by atoms with Crippen LogP contribution in [0.15, 0.2) is 34.8 Å². The Labute approximate surface area is 177 Å². The van der Waals surface area contributed by atoms with Gasteiger partial charge in [-0.05, 0) is 67.4 Å². The summed E-state index contributed by atoms with van der Waals surface area (Å²) in [6.07, 6.45) is 0. The predicted molar refractivity (Wildman–Crippen MR) is 117 cm³/mol. The van der Waals surface area contributed by atoms with Crippen molar-refractivity contribution in [2.75, 3.05) is 17.3 Å². The summed E-state index contributed by atoms with van der Waals surface area (Å²) in [6.45, 7) is 7.56. The Morgan fingerprint density at radius 3 is 2.69 bits per heavy atom. The molecule has 0 saturated carbocycles. The zero-order valence-electron chi connectivity index (χ0n) is 17.0. The van der Waals surface area contributed by atoms with Crippen LogP contribution >= 0.6 is 15.9 Å². The second-order valence-corrected chi connectivity index (χ2v) is 8.86. The second kappa shape index (κ2) is 6.76. The maximum atomic E-state index is 14.5. The number of halogens is 2. The molecule has 0 bridgehead atoms. The standard InChI is InChI=1S/C22H22BrFN4O/c1-11(13-7-6-8-16(23)19(13)24)25-20-14-9-18-15(10-17(14)26-12(2)27-20)22(3,4)21(29)28(18)5/h6-11H,1-5H3,(H,25,26,27). The number of nitrogens with zero attached hydrogens (tertiary/aromatic N) is 3. The molecular formula is C22H22BrFN4O. The lowest BCUT2D eigenvalue weighted by atomic mass is 9.86. The van der Waals surface area contributed by atoms with E-state index in [0.717, 1.165) is 22.2 Å². The Morgan fingerprint density at radius 2 is 1.97 bits per heavy atom. The molecule has 29 heavy (non-hydrogen) atoms. The quantitative estimate of drug-likeness (QED) is 0.583. The highest BCUT2D eigenvalue weighted by Crippen LogP contribution is 2.43. The Balaban J connectivity index is 1.84. The van der Waals surface area contributed by atoms with Crippen molar-refractivity contribution in [3.63, 3.8) is 0 Å². The van der Waals surface area contributed by atoms with Crippen molar-refractivity contribution in [2.45, 2.75) is 39.2 Å². The lowest BCUT2D eigenvalue weighted by Gasteiger charge is -2.19. The molecule has 150 valence electrons. The highest BCUT2D eigenvalue weighted by Gasteiger charge is 2.42.